The average Bonchev–Trinajstić information content (AvgIpc) is 2.46. The maximum absolute atomic E-state index is 3.84. The Bertz CT molecular complexity index is 215. The van der Waals surface area contributed by atoms with E-state index in [1.54, 1.807) is 0 Å². The lowest BCUT2D eigenvalue weighted by atomic mass is 9.89. The highest BCUT2D eigenvalue weighted by molar-refractivity contribution is 4.80. The molecule has 2 rings (SSSR count). The van der Waals surface area contributed by atoms with Crippen LogP contribution in [0.4, 0.5) is 0 Å². The molecule has 0 radical (unpaired) electrons. The van der Waals surface area contributed by atoms with Crippen LogP contribution in [0.5, 0.6) is 0 Å². The minimum absolute atomic E-state index is 0.782. The Morgan fingerprint density at radius 3 is 2.33 bits per heavy atom. The van der Waals surface area contributed by atoms with Gasteiger partial charge in [0.1, 0.15) is 0 Å². The summed E-state index contributed by atoms with van der Waals surface area (Å²) in [7, 11) is 0. The molecular formula is C16H32N2. The zero-order valence-corrected chi connectivity index (χ0v) is 12.5. The van der Waals surface area contributed by atoms with Crippen LogP contribution in [0.25, 0.3) is 0 Å². The van der Waals surface area contributed by atoms with E-state index >= 15 is 0 Å². The predicted octanol–water partition coefficient (Wildman–Crippen LogP) is 3.42. The Kier molecular flexibility index (Phi) is 5.97. The van der Waals surface area contributed by atoms with Gasteiger partial charge in [-0.1, -0.05) is 26.2 Å². The molecule has 1 atom stereocenters. The zero-order chi connectivity index (χ0) is 12.8. The van der Waals surface area contributed by atoms with Gasteiger partial charge in [-0.05, 0) is 64.6 Å². The summed E-state index contributed by atoms with van der Waals surface area (Å²) in [6, 6.07) is 1.58. The first-order valence-electron chi connectivity index (χ1n) is 8.27. The molecule has 2 fully saturated rings. The molecule has 1 aliphatic heterocycles. The summed E-state index contributed by atoms with van der Waals surface area (Å²) in [5.74, 6) is 0.978. The first-order chi connectivity index (χ1) is 8.79. The summed E-state index contributed by atoms with van der Waals surface area (Å²) < 4.78 is 0. The molecule has 0 bridgehead atoms. The third-order valence-corrected chi connectivity index (χ3v) is 5.16. The van der Waals surface area contributed by atoms with E-state index in [0.29, 0.717) is 0 Å². The molecule has 0 aromatic carbocycles. The van der Waals surface area contributed by atoms with Gasteiger partial charge in [-0.15, -0.1) is 0 Å². The van der Waals surface area contributed by atoms with Crippen molar-refractivity contribution in [2.75, 3.05) is 19.6 Å². The second kappa shape index (κ2) is 7.49. The van der Waals surface area contributed by atoms with Crippen LogP contribution in [0.15, 0.2) is 0 Å². The second-order valence-electron chi connectivity index (χ2n) is 6.48. The molecular weight excluding hydrogens is 220 g/mol. The largest absolute Gasteiger partial charge is 0.314 e. The van der Waals surface area contributed by atoms with E-state index in [9.17, 15) is 0 Å². The van der Waals surface area contributed by atoms with Gasteiger partial charge < -0.3 is 10.2 Å². The van der Waals surface area contributed by atoms with Crippen molar-refractivity contribution >= 4 is 0 Å². The number of rotatable bonds is 5. The van der Waals surface area contributed by atoms with Crippen molar-refractivity contribution in [3.63, 3.8) is 0 Å². The molecule has 0 aromatic rings. The van der Waals surface area contributed by atoms with E-state index in [1.165, 1.54) is 71.0 Å². The van der Waals surface area contributed by atoms with E-state index < -0.39 is 0 Å². The molecule has 0 amide bonds. The Labute approximate surface area is 114 Å². The molecule has 1 aliphatic carbocycles. The van der Waals surface area contributed by atoms with E-state index in [4.69, 9.17) is 0 Å². The maximum atomic E-state index is 3.84. The molecule has 18 heavy (non-hydrogen) atoms. The number of nitrogens with one attached hydrogen (secondary N) is 1. The van der Waals surface area contributed by atoms with Gasteiger partial charge in [0, 0.05) is 12.1 Å². The van der Waals surface area contributed by atoms with Crippen molar-refractivity contribution < 1.29 is 0 Å². The molecule has 2 heteroatoms. The van der Waals surface area contributed by atoms with Crippen LogP contribution in [-0.2, 0) is 0 Å². The van der Waals surface area contributed by atoms with Gasteiger partial charge >= 0.3 is 0 Å². The van der Waals surface area contributed by atoms with Gasteiger partial charge in [-0.25, -0.2) is 0 Å². The van der Waals surface area contributed by atoms with Gasteiger partial charge in [0.2, 0.25) is 0 Å². The lowest BCUT2D eigenvalue weighted by Gasteiger charge is -2.36. The van der Waals surface area contributed by atoms with Gasteiger partial charge in [0.05, 0.1) is 0 Å². The van der Waals surface area contributed by atoms with Crippen LogP contribution in [0.2, 0.25) is 0 Å². The number of hydrogen-bond acceptors (Lipinski definition) is 2. The van der Waals surface area contributed by atoms with Gasteiger partial charge in [-0.3, -0.25) is 0 Å². The Balaban J connectivity index is 1.61. The Morgan fingerprint density at radius 2 is 1.72 bits per heavy atom. The Hall–Kier alpha value is -0.0800. The third kappa shape index (κ3) is 4.24. The van der Waals surface area contributed by atoms with Gasteiger partial charge in [-0.2, -0.15) is 0 Å². The fraction of sp³-hybridized carbons (Fsp3) is 1.00. The van der Waals surface area contributed by atoms with E-state index in [0.717, 1.165) is 18.0 Å². The normalized spacial score (nSPS) is 26.3. The monoisotopic (exact) mass is 252 g/mol. The van der Waals surface area contributed by atoms with E-state index in [2.05, 4.69) is 24.1 Å². The van der Waals surface area contributed by atoms with Crippen LogP contribution in [-0.4, -0.2) is 36.6 Å². The minimum Gasteiger partial charge on any atom is -0.314 e. The van der Waals surface area contributed by atoms with Crippen molar-refractivity contribution in [2.45, 2.75) is 77.3 Å². The lowest BCUT2D eigenvalue weighted by molar-refractivity contribution is 0.146. The van der Waals surface area contributed by atoms with E-state index in [1.807, 2.05) is 0 Å². The molecule has 106 valence electrons. The first-order valence-corrected chi connectivity index (χ1v) is 8.27. The standard InChI is InChI=1S/C16H32N2/c1-3-14(2)18-11-9-16(10-12-18)17-13-15-7-5-4-6-8-15/h14-17H,3-13H2,1-2H3. The number of likely N-dealkylation sites (tertiary alicyclic amines) is 1. The smallest absolute Gasteiger partial charge is 0.00915 e. The van der Waals surface area contributed by atoms with E-state index in [-0.39, 0.29) is 0 Å². The fourth-order valence-electron chi connectivity index (χ4n) is 3.53. The summed E-state index contributed by atoms with van der Waals surface area (Å²) in [4.78, 5) is 2.67. The van der Waals surface area contributed by atoms with Crippen LogP contribution < -0.4 is 5.32 Å². The molecule has 1 N–H and O–H groups in total. The first kappa shape index (κ1) is 14.3. The fourth-order valence-corrected chi connectivity index (χ4v) is 3.53. The highest BCUT2D eigenvalue weighted by Crippen LogP contribution is 2.23. The SMILES string of the molecule is CCC(C)N1CCC(NCC2CCCCC2)CC1. The zero-order valence-electron chi connectivity index (χ0n) is 12.5. The lowest BCUT2D eigenvalue weighted by Crippen LogP contribution is -2.46. The molecule has 2 nitrogen and oxygen atoms in total. The second-order valence-corrected chi connectivity index (χ2v) is 6.48. The third-order valence-electron chi connectivity index (χ3n) is 5.16. The maximum Gasteiger partial charge on any atom is 0.00915 e. The summed E-state index contributed by atoms with van der Waals surface area (Å²) in [6.07, 6.45) is 11.4. The molecule has 0 aromatic heterocycles. The van der Waals surface area contributed by atoms with Crippen LogP contribution in [0.3, 0.4) is 0 Å². The molecule has 1 unspecified atom stereocenters. The van der Waals surface area contributed by atoms with Gasteiger partial charge in [0.25, 0.3) is 0 Å². The molecule has 1 saturated carbocycles. The summed E-state index contributed by atoms with van der Waals surface area (Å²) in [5, 5.41) is 3.84. The average molecular weight is 252 g/mol. The summed E-state index contributed by atoms with van der Waals surface area (Å²) in [6.45, 7) is 8.57. The molecule has 1 saturated heterocycles. The molecule has 0 spiro atoms. The molecule has 2 aliphatic rings. The van der Waals surface area contributed by atoms with Crippen LogP contribution >= 0.6 is 0 Å². The number of hydrogen-bond donors (Lipinski definition) is 1. The van der Waals surface area contributed by atoms with Crippen molar-refractivity contribution in [1.82, 2.24) is 10.2 Å². The van der Waals surface area contributed by atoms with Crippen molar-refractivity contribution in [2.24, 2.45) is 5.92 Å². The van der Waals surface area contributed by atoms with Crippen molar-refractivity contribution in [1.29, 1.82) is 0 Å². The van der Waals surface area contributed by atoms with Crippen molar-refractivity contribution in [3.8, 4) is 0 Å². The van der Waals surface area contributed by atoms with Gasteiger partial charge in [0.15, 0.2) is 0 Å². The highest BCUT2D eigenvalue weighted by atomic mass is 15.2. The van der Waals surface area contributed by atoms with Crippen molar-refractivity contribution in [3.05, 3.63) is 0 Å². The number of piperidine rings is 1. The summed E-state index contributed by atoms with van der Waals surface area (Å²) in [5.41, 5.74) is 0. The van der Waals surface area contributed by atoms with Crippen LogP contribution in [0, 0.1) is 5.92 Å². The quantitative estimate of drug-likeness (QED) is 0.806. The highest BCUT2D eigenvalue weighted by Gasteiger charge is 2.22. The summed E-state index contributed by atoms with van der Waals surface area (Å²) >= 11 is 0. The topological polar surface area (TPSA) is 15.3 Å². The Morgan fingerprint density at radius 1 is 1.06 bits per heavy atom. The minimum atomic E-state index is 0.782. The molecule has 1 heterocycles. The van der Waals surface area contributed by atoms with Crippen LogP contribution in [0.1, 0.15) is 65.2 Å². The number of nitrogens with zero attached hydrogens (tertiary/aromatic N) is 1. The predicted molar refractivity (Wildman–Crippen MR) is 78.9 cm³/mol.